The molecule has 1 aliphatic heterocycles. The van der Waals surface area contributed by atoms with E-state index in [2.05, 4.69) is 20.6 Å². The van der Waals surface area contributed by atoms with Gasteiger partial charge in [-0.05, 0) is 70.6 Å². The first-order valence-electron chi connectivity index (χ1n) is 13.1. The Hall–Kier alpha value is -2.67. The minimum Gasteiger partial charge on any atom is -0.350 e. The quantitative estimate of drug-likeness (QED) is 0.356. The highest BCUT2D eigenvalue weighted by Gasteiger charge is 2.33. The molecule has 1 aromatic carbocycles. The fraction of sp³-hybridized carbons (Fsp3) is 0.481. The summed E-state index contributed by atoms with van der Waals surface area (Å²) in [6.07, 6.45) is 2.51. The highest BCUT2D eigenvalue weighted by molar-refractivity contribution is 7.91. The molecule has 210 valence electrons. The first kappa shape index (κ1) is 29.3. The number of aromatic nitrogens is 2. The average Bonchev–Trinajstić information content (AvgIpc) is 3.44. The summed E-state index contributed by atoms with van der Waals surface area (Å²) in [7, 11) is -3.69. The van der Waals surface area contributed by atoms with Gasteiger partial charge in [-0.3, -0.25) is 9.59 Å². The number of carbonyl (C=O) groups is 2. The summed E-state index contributed by atoms with van der Waals surface area (Å²) >= 11 is 2.62. The fourth-order valence-electron chi connectivity index (χ4n) is 4.85. The van der Waals surface area contributed by atoms with E-state index in [0.717, 1.165) is 51.7 Å². The molecule has 0 spiro atoms. The van der Waals surface area contributed by atoms with E-state index in [1.807, 2.05) is 45.0 Å². The van der Waals surface area contributed by atoms with Crippen LogP contribution in [-0.4, -0.2) is 53.6 Å². The largest absolute Gasteiger partial charge is 0.350 e. The van der Waals surface area contributed by atoms with Gasteiger partial charge in [0.1, 0.15) is 0 Å². The van der Waals surface area contributed by atoms with Gasteiger partial charge in [-0.15, -0.1) is 11.3 Å². The molecule has 2 amide bonds. The van der Waals surface area contributed by atoms with E-state index < -0.39 is 10.0 Å². The van der Waals surface area contributed by atoms with Crippen LogP contribution in [-0.2, 0) is 14.8 Å². The van der Waals surface area contributed by atoms with Crippen LogP contribution in [0, 0.1) is 26.7 Å². The number of carbonyl (C=O) groups excluding carboxylic acids is 2. The van der Waals surface area contributed by atoms with Gasteiger partial charge in [0.15, 0.2) is 9.34 Å². The molecule has 0 unspecified atom stereocenters. The third-order valence-electron chi connectivity index (χ3n) is 6.82. The van der Waals surface area contributed by atoms with Crippen LogP contribution in [0.2, 0.25) is 0 Å². The van der Waals surface area contributed by atoms with Crippen molar-refractivity contribution >= 4 is 49.6 Å². The topological polar surface area (TPSA) is 121 Å². The summed E-state index contributed by atoms with van der Waals surface area (Å²) in [4.78, 5) is 34.5. The third-order valence-corrected chi connectivity index (χ3v) is 11.5. The van der Waals surface area contributed by atoms with Crippen molar-refractivity contribution in [1.29, 1.82) is 0 Å². The van der Waals surface area contributed by atoms with Crippen molar-refractivity contribution in [2.45, 2.75) is 70.6 Å². The van der Waals surface area contributed by atoms with E-state index in [9.17, 15) is 18.0 Å². The number of rotatable bonds is 9. The van der Waals surface area contributed by atoms with Gasteiger partial charge in [-0.25, -0.2) is 18.4 Å². The molecule has 1 fully saturated rings. The zero-order chi connectivity index (χ0) is 28.3. The fourth-order valence-corrected chi connectivity index (χ4v) is 8.80. The molecular formula is C27H35N5O4S3. The average molecular weight is 590 g/mol. The lowest BCUT2D eigenvalue weighted by atomic mass is 9.91. The second-order valence-electron chi connectivity index (χ2n) is 9.98. The number of nitrogens with one attached hydrogen (secondary N) is 2. The predicted octanol–water partition coefficient (Wildman–Crippen LogP) is 5.15. The van der Waals surface area contributed by atoms with E-state index in [-0.39, 0.29) is 22.1 Å². The van der Waals surface area contributed by atoms with Crippen LogP contribution in [0.15, 0.2) is 28.5 Å². The predicted molar refractivity (Wildman–Crippen MR) is 156 cm³/mol. The second-order valence-corrected chi connectivity index (χ2v) is 14.3. The monoisotopic (exact) mass is 589 g/mol. The Morgan fingerprint density at radius 1 is 1.10 bits per heavy atom. The van der Waals surface area contributed by atoms with E-state index in [1.165, 1.54) is 4.31 Å². The lowest BCUT2D eigenvalue weighted by molar-refractivity contribution is -0.115. The van der Waals surface area contributed by atoms with Gasteiger partial charge >= 0.3 is 0 Å². The Balaban J connectivity index is 1.32. The zero-order valence-corrected chi connectivity index (χ0v) is 25.4. The number of sulfonamides is 1. The molecule has 1 saturated heterocycles. The Bertz CT molecular complexity index is 1460. The molecule has 0 radical (unpaired) electrons. The Morgan fingerprint density at radius 3 is 2.46 bits per heavy atom. The van der Waals surface area contributed by atoms with Gasteiger partial charge in [-0.2, -0.15) is 4.31 Å². The minimum absolute atomic E-state index is 0.0461. The molecule has 0 bridgehead atoms. The number of anilines is 1. The van der Waals surface area contributed by atoms with Crippen molar-refractivity contribution in [3.05, 3.63) is 46.2 Å². The maximum Gasteiger partial charge on any atom is 0.254 e. The lowest BCUT2D eigenvalue weighted by Gasteiger charge is -2.32. The van der Waals surface area contributed by atoms with Gasteiger partial charge in [-0.1, -0.05) is 30.4 Å². The summed E-state index contributed by atoms with van der Waals surface area (Å²) in [5.41, 5.74) is 2.96. The third kappa shape index (κ3) is 6.92. The summed E-state index contributed by atoms with van der Waals surface area (Å²) in [6.45, 7) is 10.2. The second kappa shape index (κ2) is 12.2. The van der Waals surface area contributed by atoms with Crippen molar-refractivity contribution in [2.24, 2.45) is 5.92 Å². The summed E-state index contributed by atoms with van der Waals surface area (Å²) in [6, 6.07) is 7.57. The van der Waals surface area contributed by atoms with E-state index >= 15 is 0 Å². The SMILES string of the molecule is CCC(=O)Nc1nc(C)c(S(=O)(=O)N2CCC(C[C@H](C)NC(=O)c3cccc(-c4sc(C)nc4C)c3)CC2)s1. The number of piperidine rings is 1. The molecule has 2 N–H and O–H groups in total. The Labute approximate surface area is 238 Å². The maximum absolute atomic E-state index is 13.3. The van der Waals surface area contributed by atoms with Crippen LogP contribution >= 0.6 is 22.7 Å². The Morgan fingerprint density at radius 2 is 1.82 bits per heavy atom. The van der Waals surface area contributed by atoms with Crippen molar-refractivity contribution in [1.82, 2.24) is 19.6 Å². The molecule has 12 heteroatoms. The first-order chi connectivity index (χ1) is 18.5. The van der Waals surface area contributed by atoms with Crippen LogP contribution in [0.25, 0.3) is 10.4 Å². The Kier molecular flexibility index (Phi) is 9.20. The summed E-state index contributed by atoms with van der Waals surface area (Å²) in [5, 5.41) is 7.07. The smallest absolute Gasteiger partial charge is 0.254 e. The number of benzene rings is 1. The van der Waals surface area contributed by atoms with E-state index in [0.29, 0.717) is 41.8 Å². The van der Waals surface area contributed by atoms with Crippen molar-refractivity contribution in [3.8, 4) is 10.4 Å². The van der Waals surface area contributed by atoms with Crippen LogP contribution < -0.4 is 10.6 Å². The zero-order valence-electron chi connectivity index (χ0n) is 22.9. The van der Waals surface area contributed by atoms with Crippen molar-refractivity contribution in [2.75, 3.05) is 18.4 Å². The molecule has 2 aromatic heterocycles. The number of nitrogens with zero attached hydrogens (tertiary/aromatic N) is 3. The van der Waals surface area contributed by atoms with Gasteiger partial charge in [0.05, 0.1) is 21.3 Å². The molecule has 1 atom stereocenters. The molecule has 3 aromatic rings. The van der Waals surface area contributed by atoms with Gasteiger partial charge in [0.25, 0.3) is 15.9 Å². The highest BCUT2D eigenvalue weighted by atomic mass is 32.2. The maximum atomic E-state index is 13.3. The number of hydrogen-bond donors (Lipinski definition) is 2. The van der Waals surface area contributed by atoms with Gasteiger partial charge in [0, 0.05) is 31.1 Å². The molecular weight excluding hydrogens is 555 g/mol. The number of amides is 2. The lowest BCUT2D eigenvalue weighted by Crippen LogP contribution is -2.40. The summed E-state index contributed by atoms with van der Waals surface area (Å²) < 4.78 is 28.3. The molecule has 1 aliphatic rings. The number of hydrogen-bond acceptors (Lipinski definition) is 8. The highest BCUT2D eigenvalue weighted by Crippen LogP contribution is 2.33. The number of thiazole rings is 2. The molecule has 0 saturated carbocycles. The van der Waals surface area contributed by atoms with E-state index in [4.69, 9.17) is 0 Å². The van der Waals surface area contributed by atoms with Crippen LogP contribution in [0.5, 0.6) is 0 Å². The molecule has 3 heterocycles. The molecule has 0 aliphatic carbocycles. The standard InChI is InChI=1S/C27H35N5O4S3/c1-6-23(33)31-27-30-18(4)26(38-27)39(35,36)32-12-10-20(11-13-32)14-16(2)28-25(34)22-9-7-8-21(15-22)24-17(3)29-19(5)37-24/h7-9,15-16,20H,6,10-14H2,1-5H3,(H,28,34)(H,30,31,33)/t16-/m0/s1. The van der Waals surface area contributed by atoms with Crippen molar-refractivity contribution < 1.29 is 18.0 Å². The van der Waals surface area contributed by atoms with E-state index in [1.54, 1.807) is 25.2 Å². The minimum atomic E-state index is -3.69. The number of aryl methyl sites for hydroxylation is 3. The summed E-state index contributed by atoms with van der Waals surface area (Å²) in [5.74, 6) is -0.00910. The van der Waals surface area contributed by atoms with Crippen LogP contribution in [0.4, 0.5) is 5.13 Å². The molecule has 9 nitrogen and oxygen atoms in total. The van der Waals surface area contributed by atoms with Crippen LogP contribution in [0.1, 0.15) is 66.3 Å². The van der Waals surface area contributed by atoms with Gasteiger partial charge in [0.2, 0.25) is 5.91 Å². The van der Waals surface area contributed by atoms with Gasteiger partial charge < -0.3 is 10.6 Å². The first-order valence-corrected chi connectivity index (χ1v) is 16.2. The van der Waals surface area contributed by atoms with Crippen LogP contribution in [0.3, 0.4) is 0 Å². The normalized spacial score (nSPS) is 15.7. The van der Waals surface area contributed by atoms with Crippen molar-refractivity contribution in [3.63, 3.8) is 0 Å². The molecule has 4 rings (SSSR count). The molecule has 39 heavy (non-hydrogen) atoms.